The molecule has 0 spiro atoms. The minimum absolute atomic E-state index is 0. The fourth-order valence-electron chi connectivity index (χ4n) is 4.73. The molecule has 0 saturated carbocycles. The number of aliphatic hydroxyl groups excluding tert-OH is 2. The first-order valence-electron chi connectivity index (χ1n) is 12.6. The van der Waals surface area contributed by atoms with E-state index in [4.69, 9.17) is 4.74 Å². The fourth-order valence-corrected chi connectivity index (χ4v) is 4.73. The van der Waals surface area contributed by atoms with Crippen molar-refractivity contribution >= 4 is 11.9 Å². The van der Waals surface area contributed by atoms with E-state index >= 15 is 0 Å². The van der Waals surface area contributed by atoms with E-state index in [1.807, 2.05) is 42.7 Å². The summed E-state index contributed by atoms with van der Waals surface area (Å²) >= 11 is 0. The zero-order valence-electron chi connectivity index (χ0n) is 22.9. The molecule has 204 valence electrons. The van der Waals surface area contributed by atoms with Crippen molar-refractivity contribution in [2.24, 2.45) is 0 Å². The van der Waals surface area contributed by atoms with Crippen LogP contribution in [-0.4, -0.2) is 46.0 Å². The van der Waals surface area contributed by atoms with Crippen molar-refractivity contribution < 1.29 is 63.6 Å². The van der Waals surface area contributed by atoms with Crippen molar-refractivity contribution in [2.45, 2.75) is 64.8 Å². The molecule has 1 amide bonds. The van der Waals surface area contributed by atoms with Crippen LogP contribution < -0.4 is 44.7 Å². The molecule has 0 fully saturated rings. The predicted molar refractivity (Wildman–Crippen MR) is 139 cm³/mol. The van der Waals surface area contributed by atoms with Gasteiger partial charge in [-0.25, -0.2) is 4.39 Å². The number of aliphatic carboxylic acids is 1. The zero-order valence-corrected chi connectivity index (χ0v) is 24.9. The second kappa shape index (κ2) is 15.2. The number of aliphatic hydroxyl groups is 2. The van der Waals surface area contributed by atoms with E-state index in [0.717, 1.165) is 33.7 Å². The third kappa shape index (κ3) is 8.65. The van der Waals surface area contributed by atoms with Crippen LogP contribution in [0.4, 0.5) is 4.39 Å². The van der Waals surface area contributed by atoms with Crippen molar-refractivity contribution in [2.75, 3.05) is 7.11 Å². The monoisotopic (exact) mass is 548 g/mol. The molecule has 0 unspecified atom stereocenters. The van der Waals surface area contributed by atoms with Crippen molar-refractivity contribution in [3.8, 4) is 16.9 Å². The van der Waals surface area contributed by atoms with Crippen LogP contribution in [-0.2, 0) is 24.3 Å². The quantitative estimate of drug-likeness (QED) is 0.253. The molecular weight excluding hydrogens is 514 g/mol. The molecule has 0 aliphatic heterocycles. The Bertz CT molecular complexity index is 1240. The van der Waals surface area contributed by atoms with E-state index in [1.54, 1.807) is 19.2 Å². The number of carbonyl (C=O) groups excluding carboxylic acids is 2. The zero-order chi connectivity index (χ0) is 27.8. The van der Waals surface area contributed by atoms with Crippen LogP contribution in [0.25, 0.3) is 11.1 Å². The third-order valence-electron chi connectivity index (χ3n) is 6.55. The average Bonchev–Trinajstić information content (AvgIpc) is 3.17. The van der Waals surface area contributed by atoms with E-state index in [1.165, 1.54) is 12.1 Å². The van der Waals surface area contributed by atoms with E-state index in [-0.39, 0.29) is 54.1 Å². The molecule has 0 aliphatic carbocycles. The Kier molecular flexibility index (Phi) is 12.7. The number of carboxylic acids is 1. The Labute approximate surface area is 250 Å². The van der Waals surface area contributed by atoms with Gasteiger partial charge in [0.05, 0.1) is 19.3 Å². The van der Waals surface area contributed by atoms with E-state index in [9.17, 15) is 29.3 Å². The number of benzene rings is 2. The third-order valence-corrected chi connectivity index (χ3v) is 6.55. The first-order valence-corrected chi connectivity index (χ1v) is 12.6. The first kappa shape index (κ1) is 32.5. The number of ether oxygens (including phenoxy) is 1. The van der Waals surface area contributed by atoms with Crippen LogP contribution in [0.3, 0.4) is 0 Å². The standard InChI is InChI=1S/C29H35FN2O6.Na/c1-4-32-25(14-11-22(33)15-23(34)16-26(35)36)27(20-7-9-21(30)10-8-20)18(2)28(32)29(37)31-17-19-5-12-24(38-3)13-6-19;/h5-10,12-13,22-23,33-34H,4,11,14-17H2,1-3H3,(H,31,37)(H,35,36);/q;+1/p-1/t22-,23-;/m1./s1. The summed E-state index contributed by atoms with van der Waals surface area (Å²) in [7, 11) is 1.59. The molecule has 3 N–H and O–H groups in total. The minimum atomic E-state index is -1.39. The van der Waals surface area contributed by atoms with Crippen LogP contribution in [0.2, 0.25) is 0 Å². The molecule has 3 aromatic rings. The van der Waals surface area contributed by atoms with Gasteiger partial charge in [0.25, 0.3) is 5.91 Å². The maximum absolute atomic E-state index is 13.7. The number of hydrogen-bond donors (Lipinski definition) is 3. The Balaban J connectivity index is 0.00000533. The largest absolute Gasteiger partial charge is 1.00 e. The van der Waals surface area contributed by atoms with Gasteiger partial charge in [-0.1, -0.05) is 24.3 Å². The number of carbonyl (C=O) groups is 2. The van der Waals surface area contributed by atoms with Crippen LogP contribution in [0, 0.1) is 12.7 Å². The molecule has 10 heteroatoms. The Morgan fingerprint density at radius 3 is 2.28 bits per heavy atom. The van der Waals surface area contributed by atoms with Gasteiger partial charge < -0.3 is 34.7 Å². The Morgan fingerprint density at radius 2 is 1.72 bits per heavy atom. The minimum Gasteiger partial charge on any atom is -0.550 e. The molecule has 0 radical (unpaired) electrons. The molecule has 8 nitrogen and oxygen atoms in total. The van der Waals surface area contributed by atoms with Gasteiger partial charge in [-0.3, -0.25) is 4.79 Å². The van der Waals surface area contributed by atoms with Gasteiger partial charge in [0.2, 0.25) is 0 Å². The number of carboxylic acid groups (broad SMARTS) is 1. The van der Waals surface area contributed by atoms with E-state index in [2.05, 4.69) is 5.32 Å². The van der Waals surface area contributed by atoms with Crippen LogP contribution in [0.15, 0.2) is 48.5 Å². The summed E-state index contributed by atoms with van der Waals surface area (Å²) in [5.74, 6) is -1.31. The second-order valence-electron chi connectivity index (χ2n) is 9.24. The molecule has 39 heavy (non-hydrogen) atoms. The Hall–Kier alpha value is -2.69. The van der Waals surface area contributed by atoms with Gasteiger partial charge in [0, 0.05) is 36.7 Å². The summed E-state index contributed by atoms with van der Waals surface area (Å²) in [5.41, 5.74) is 4.42. The summed E-state index contributed by atoms with van der Waals surface area (Å²) in [5, 5.41) is 34.0. The Morgan fingerprint density at radius 1 is 1.08 bits per heavy atom. The SMILES string of the molecule is CCn1c(CC[C@@H](O)C[C@@H](O)CC(=O)[O-])c(-c2ccc(F)cc2)c(C)c1C(=O)NCc1ccc(OC)cc1.[Na+]. The molecule has 0 saturated heterocycles. The van der Waals surface area contributed by atoms with Crippen molar-refractivity contribution in [3.05, 3.63) is 76.9 Å². The maximum atomic E-state index is 13.7. The predicted octanol–water partition coefficient (Wildman–Crippen LogP) is -0.250. The molecule has 2 aromatic carbocycles. The first-order chi connectivity index (χ1) is 18.1. The second-order valence-corrected chi connectivity index (χ2v) is 9.24. The van der Waals surface area contributed by atoms with Gasteiger partial charge >= 0.3 is 29.6 Å². The van der Waals surface area contributed by atoms with Crippen LogP contribution >= 0.6 is 0 Å². The van der Waals surface area contributed by atoms with Crippen LogP contribution in [0.5, 0.6) is 5.75 Å². The number of rotatable bonds is 13. The van der Waals surface area contributed by atoms with Gasteiger partial charge in [-0.15, -0.1) is 0 Å². The number of halogens is 1. The number of methoxy groups -OCH3 is 1. The summed E-state index contributed by atoms with van der Waals surface area (Å²) < 4.78 is 20.7. The number of hydrogen-bond acceptors (Lipinski definition) is 6. The van der Waals surface area contributed by atoms with Crippen molar-refractivity contribution in [3.63, 3.8) is 0 Å². The van der Waals surface area contributed by atoms with Crippen molar-refractivity contribution in [1.82, 2.24) is 9.88 Å². The fraction of sp³-hybridized carbons (Fsp3) is 0.379. The molecule has 1 aromatic heterocycles. The van der Waals surface area contributed by atoms with E-state index < -0.39 is 24.6 Å². The maximum Gasteiger partial charge on any atom is 1.00 e. The average molecular weight is 549 g/mol. The summed E-state index contributed by atoms with van der Waals surface area (Å²) in [6.07, 6.45) is -2.26. The summed E-state index contributed by atoms with van der Waals surface area (Å²) in [6.45, 7) is 4.55. The normalized spacial score (nSPS) is 12.4. The summed E-state index contributed by atoms with van der Waals surface area (Å²) in [6, 6.07) is 13.4. The molecule has 0 bridgehead atoms. The van der Waals surface area contributed by atoms with Gasteiger partial charge in [-0.2, -0.15) is 0 Å². The van der Waals surface area contributed by atoms with Gasteiger partial charge in [0.15, 0.2) is 0 Å². The van der Waals surface area contributed by atoms with Crippen molar-refractivity contribution in [1.29, 1.82) is 0 Å². The van der Waals surface area contributed by atoms with Crippen LogP contribution in [0.1, 0.15) is 53.5 Å². The van der Waals surface area contributed by atoms with Gasteiger partial charge in [-0.05, 0) is 74.1 Å². The number of aromatic nitrogens is 1. The van der Waals surface area contributed by atoms with E-state index in [0.29, 0.717) is 25.2 Å². The smallest absolute Gasteiger partial charge is 0.550 e. The summed E-state index contributed by atoms with van der Waals surface area (Å²) in [4.78, 5) is 24.1. The molecule has 0 aliphatic rings. The number of nitrogens with zero attached hydrogens (tertiary/aromatic N) is 1. The molecule has 1 heterocycles. The molecule has 2 atom stereocenters. The van der Waals surface area contributed by atoms with Gasteiger partial charge in [0.1, 0.15) is 17.3 Å². The number of amides is 1. The topological polar surface area (TPSA) is 124 Å². The number of nitrogens with one attached hydrogen (secondary N) is 1. The molecule has 3 rings (SSSR count). The molecular formula is C29H34FN2NaO6.